The minimum absolute atomic E-state index is 0.587. The zero-order valence-corrected chi connectivity index (χ0v) is 15.0. The summed E-state index contributed by atoms with van der Waals surface area (Å²) >= 11 is 0. The molecule has 3 rings (SSSR count). The maximum atomic E-state index is 5.32. The molecule has 2 N–H and O–H groups in total. The third-order valence-corrected chi connectivity index (χ3v) is 3.89. The van der Waals surface area contributed by atoms with Crippen LogP contribution in [-0.2, 0) is 13.0 Å². The van der Waals surface area contributed by atoms with Gasteiger partial charge in [0.05, 0.1) is 31.3 Å². The van der Waals surface area contributed by atoms with E-state index in [1.807, 2.05) is 53.3 Å². The van der Waals surface area contributed by atoms with Gasteiger partial charge in [-0.05, 0) is 42.5 Å². The van der Waals surface area contributed by atoms with Gasteiger partial charge in [-0.3, -0.25) is 4.99 Å². The molecule has 0 radical (unpaired) electrons. The lowest BCUT2D eigenvalue weighted by molar-refractivity contribution is 0.414. The molecule has 0 saturated carbocycles. The highest BCUT2D eigenvalue weighted by molar-refractivity contribution is 5.79. The van der Waals surface area contributed by atoms with Crippen molar-refractivity contribution >= 4 is 5.96 Å². The lowest BCUT2D eigenvalue weighted by Gasteiger charge is -2.10. The molecule has 0 amide bonds. The van der Waals surface area contributed by atoms with Crippen molar-refractivity contribution in [2.75, 3.05) is 20.7 Å². The Labute approximate surface area is 152 Å². The first-order valence-corrected chi connectivity index (χ1v) is 8.44. The Morgan fingerprint density at radius 2 is 2.04 bits per heavy atom. The van der Waals surface area contributed by atoms with Gasteiger partial charge in [-0.2, -0.15) is 5.10 Å². The fourth-order valence-corrected chi connectivity index (χ4v) is 2.49. The number of benzene rings is 1. The largest absolute Gasteiger partial charge is 0.497 e. The highest BCUT2D eigenvalue weighted by atomic mass is 16.5. The smallest absolute Gasteiger partial charge is 0.191 e. The third-order valence-electron chi connectivity index (χ3n) is 3.89. The van der Waals surface area contributed by atoms with Crippen molar-refractivity contribution in [3.05, 3.63) is 66.4 Å². The van der Waals surface area contributed by atoms with Crippen molar-refractivity contribution in [3.63, 3.8) is 0 Å². The number of rotatable bonds is 7. The maximum Gasteiger partial charge on any atom is 0.191 e. The van der Waals surface area contributed by atoms with Gasteiger partial charge in [0.15, 0.2) is 5.96 Å². The molecule has 2 aromatic heterocycles. The summed E-state index contributed by atoms with van der Waals surface area (Å²) in [5.74, 6) is 2.51. The predicted molar refractivity (Wildman–Crippen MR) is 101 cm³/mol. The molecular weight excluding hydrogens is 330 g/mol. The van der Waals surface area contributed by atoms with E-state index in [1.54, 1.807) is 20.4 Å². The van der Waals surface area contributed by atoms with Crippen LogP contribution in [0, 0.1) is 0 Å². The summed E-state index contributed by atoms with van der Waals surface area (Å²) in [4.78, 5) is 4.22. The van der Waals surface area contributed by atoms with Crippen molar-refractivity contribution in [1.82, 2.24) is 20.4 Å². The molecule has 7 heteroatoms. The Balaban J connectivity index is 1.49. The summed E-state index contributed by atoms with van der Waals surface area (Å²) in [7, 11) is 3.40. The zero-order chi connectivity index (χ0) is 18.2. The number of furan rings is 1. The topological polar surface area (TPSA) is 76.6 Å². The van der Waals surface area contributed by atoms with Gasteiger partial charge < -0.3 is 19.8 Å². The average molecular weight is 353 g/mol. The van der Waals surface area contributed by atoms with Gasteiger partial charge in [0, 0.05) is 26.2 Å². The van der Waals surface area contributed by atoms with E-state index < -0.39 is 0 Å². The summed E-state index contributed by atoms with van der Waals surface area (Å²) in [6, 6.07) is 13.6. The number of methoxy groups -OCH3 is 1. The maximum absolute atomic E-state index is 5.32. The molecule has 1 aromatic carbocycles. The van der Waals surface area contributed by atoms with Gasteiger partial charge in [-0.1, -0.05) is 0 Å². The summed E-state index contributed by atoms with van der Waals surface area (Å²) in [6.07, 6.45) is 4.42. The van der Waals surface area contributed by atoms with Crippen molar-refractivity contribution < 1.29 is 9.15 Å². The lowest BCUT2D eigenvalue weighted by Crippen LogP contribution is -2.37. The number of nitrogens with zero attached hydrogens (tertiary/aromatic N) is 3. The first-order valence-electron chi connectivity index (χ1n) is 8.44. The Bertz CT molecular complexity index is 822. The average Bonchev–Trinajstić information content (AvgIpc) is 3.36. The minimum Gasteiger partial charge on any atom is -0.497 e. The van der Waals surface area contributed by atoms with Crippen LogP contribution in [0.3, 0.4) is 0 Å². The molecule has 26 heavy (non-hydrogen) atoms. The molecular formula is C19H23N5O2. The van der Waals surface area contributed by atoms with Gasteiger partial charge in [0.2, 0.25) is 0 Å². The second kappa shape index (κ2) is 8.75. The second-order valence-corrected chi connectivity index (χ2v) is 5.63. The first kappa shape index (κ1) is 17.6. The van der Waals surface area contributed by atoms with E-state index in [4.69, 9.17) is 9.15 Å². The van der Waals surface area contributed by atoms with Crippen molar-refractivity contribution in [2.24, 2.45) is 4.99 Å². The summed E-state index contributed by atoms with van der Waals surface area (Å²) in [5, 5.41) is 11.1. The van der Waals surface area contributed by atoms with Crippen molar-refractivity contribution in [1.29, 1.82) is 0 Å². The quantitative estimate of drug-likeness (QED) is 0.504. The first-order chi connectivity index (χ1) is 12.8. The zero-order valence-electron chi connectivity index (χ0n) is 15.0. The van der Waals surface area contributed by atoms with Crippen LogP contribution < -0.4 is 15.4 Å². The van der Waals surface area contributed by atoms with Gasteiger partial charge >= 0.3 is 0 Å². The molecule has 7 nitrogen and oxygen atoms in total. The molecule has 0 aliphatic heterocycles. The number of aromatic nitrogens is 2. The molecule has 0 spiro atoms. The van der Waals surface area contributed by atoms with Crippen LogP contribution in [0.15, 0.2) is 64.3 Å². The van der Waals surface area contributed by atoms with E-state index in [2.05, 4.69) is 20.7 Å². The summed E-state index contributed by atoms with van der Waals surface area (Å²) in [5.41, 5.74) is 1.91. The van der Waals surface area contributed by atoms with E-state index >= 15 is 0 Å². The molecule has 2 heterocycles. The number of nitrogens with one attached hydrogen (secondary N) is 2. The fraction of sp³-hybridized carbons (Fsp3) is 0.263. The van der Waals surface area contributed by atoms with Gasteiger partial charge in [-0.15, -0.1) is 0 Å². The second-order valence-electron chi connectivity index (χ2n) is 5.63. The summed E-state index contributed by atoms with van der Waals surface area (Å²) in [6.45, 7) is 1.33. The van der Waals surface area contributed by atoms with Crippen molar-refractivity contribution in [3.8, 4) is 11.4 Å². The molecule has 0 atom stereocenters. The van der Waals surface area contributed by atoms with Crippen LogP contribution in [0.5, 0.6) is 5.75 Å². The minimum atomic E-state index is 0.587. The van der Waals surface area contributed by atoms with E-state index in [9.17, 15) is 0 Å². The Hall–Kier alpha value is -3.22. The number of hydrogen-bond donors (Lipinski definition) is 2. The molecule has 0 fully saturated rings. The number of aliphatic imine (C=N–C) groups is 1. The van der Waals surface area contributed by atoms with E-state index in [0.29, 0.717) is 6.54 Å². The van der Waals surface area contributed by atoms with E-state index in [-0.39, 0.29) is 0 Å². The van der Waals surface area contributed by atoms with E-state index in [1.165, 1.54) is 0 Å². The highest BCUT2D eigenvalue weighted by Gasteiger charge is 2.04. The Morgan fingerprint density at radius 1 is 1.19 bits per heavy atom. The van der Waals surface area contributed by atoms with Crippen molar-refractivity contribution in [2.45, 2.75) is 13.0 Å². The Kier molecular flexibility index (Phi) is 5.92. The SMILES string of the molecule is CN=C(NCCc1ccco1)NCc1ccn(-c2ccc(OC)cc2)n1. The van der Waals surface area contributed by atoms with E-state index in [0.717, 1.165) is 41.8 Å². The molecule has 0 aliphatic rings. The normalized spacial score (nSPS) is 11.4. The lowest BCUT2D eigenvalue weighted by atomic mass is 10.3. The standard InChI is InChI=1S/C19H23N5O2/c1-20-19(21-11-9-18-4-3-13-26-18)22-14-15-10-12-24(23-15)16-5-7-17(25-2)8-6-16/h3-8,10,12-13H,9,11,14H2,1-2H3,(H2,20,21,22). The van der Waals surface area contributed by atoms with Crippen LogP contribution in [0.25, 0.3) is 5.69 Å². The van der Waals surface area contributed by atoms with Crippen LogP contribution in [0.2, 0.25) is 0 Å². The number of guanidine groups is 1. The Morgan fingerprint density at radius 3 is 2.73 bits per heavy atom. The van der Waals surface area contributed by atoms with Crippen LogP contribution >= 0.6 is 0 Å². The number of ether oxygens (including phenoxy) is 1. The van der Waals surface area contributed by atoms with Crippen LogP contribution in [-0.4, -0.2) is 36.4 Å². The van der Waals surface area contributed by atoms with Gasteiger partial charge in [-0.25, -0.2) is 4.68 Å². The van der Waals surface area contributed by atoms with Crippen LogP contribution in [0.4, 0.5) is 0 Å². The molecule has 0 unspecified atom stereocenters. The predicted octanol–water partition coefficient (Wildman–Crippen LogP) is 2.38. The van der Waals surface area contributed by atoms with Crippen LogP contribution in [0.1, 0.15) is 11.5 Å². The molecule has 0 aliphatic carbocycles. The summed E-state index contributed by atoms with van der Waals surface area (Å²) < 4.78 is 12.3. The highest BCUT2D eigenvalue weighted by Crippen LogP contribution is 2.14. The monoisotopic (exact) mass is 353 g/mol. The molecule has 136 valence electrons. The fourth-order valence-electron chi connectivity index (χ4n) is 2.49. The molecule has 0 bridgehead atoms. The van der Waals surface area contributed by atoms with Gasteiger partial charge in [0.25, 0.3) is 0 Å². The third kappa shape index (κ3) is 4.66. The molecule has 0 saturated heterocycles. The van der Waals surface area contributed by atoms with Gasteiger partial charge in [0.1, 0.15) is 11.5 Å². The molecule has 3 aromatic rings. The number of hydrogen-bond acceptors (Lipinski definition) is 4.